The van der Waals surface area contributed by atoms with Crippen LogP contribution in [0.4, 0.5) is 18.9 Å². The molecule has 0 unspecified atom stereocenters. The zero-order chi connectivity index (χ0) is 17.2. The smallest absolute Gasteiger partial charge is 0.324 e. The molecule has 7 heteroatoms. The fourth-order valence-corrected chi connectivity index (χ4v) is 2.86. The maximum Gasteiger partial charge on any atom is 0.433 e. The van der Waals surface area contributed by atoms with Crippen LogP contribution in [0.25, 0.3) is 0 Å². The van der Waals surface area contributed by atoms with Crippen molar-refractivity contribution in [3.63, 3.8) is 0 Å². The minimum absolute atomic E-state index is 0.0834. The number of nitrogens with zero attached hydrogens (tertiary/aromatic N) is 2. The van der Waals surface area contributed by atoms with Gasteiger partial charge in [-0.15, -0.1) is 0 Å². The third-order valence-electron chi connectivity index (χ3n) is 3.98. The van der Waals surface area contributed by atoms with Crippen LogP contribution in [0.1, 0.15) is 35.4 Å². The van der Waals surface area contributed by atoms with Crippen LogP contribution in [-0.2, 0) is 30.2 Å². The van der Waals surface area contributed by atoms with Crippen molar-refractivity contribution >= 4 is 11.6 Å². The lowest BCUT2D eigenvalue weighted by Crippen LogP contribution is -2.19. The van der Waals surface area contributed by atoms with Crippen LogP contribution in [-0.4, -0.2) is 15.9 Å². The van der Waals surface area contributed by atoms with E-state index in [1.807, 2.05) is 0 Å². The van der Waals surface area contributed by atoms with Gasteiger partial charge >= 0.3 is 6.18 Å². The molecule has 0 aliphatic heterocycles. The molecule has 0 atom stereocenters. The van der Waals surface area contributed by atoms with Crippen molar-refractivity contribution in [2.75, 3.05) is 5.32 Å². The van der Waals surface area contributed by atoms with Crippen molar-refractivity contribution in [3.8, 4) is 0 Å². The van der Waals surface area contributed by atoms with Crippen molar-refractivity contribution in [2.24, 2.45) is 0 Å². The van der Waals surface area contributed by atoms with E-state index >= 15 is 0 Å². The van der Waals surface area contributed by atoms with Gasteiger partial charge in [-0.3, -0.25) is 9.78 Å². The van der Waals surface area contributed by atoms with Gasteiger partial charge < -0.3 is 5.32 Å². The van der Waals surface area contributed by atoms with Crippen LogP contribution >= 0.6 is 0 Å². The lowest BCUT2D eigenvalue weighted by molar-refractivity contribution is -0.141. The Morgan fingerprint density at radius 1 is 1.17 bits per heavy atom. The monoisotopic (exact) mass is 335 g/mol. The molecule has 0 aromatic carbocycles. The lowest BCUT2D eigenvalue weighted by Gasteiger charge is -2.19. The molecule has 126 valence electrons. The molecule has 1 aliphatic carbocycles. The molecule has 1 aliphatic rings. The molecule has 2 heterocycles. The molecule has 2 aromatic heterocycles. The Morgan fingerprint density at radius 3 is 2.75 bits per heavy atom. The predicted molar refractivity (Wildman–Crippen MR) is 82.5 cm³/mol. The maximum absolute atomic E-state index is 12.7. The summed E-state index contributed by atoms with van der Waals surface area (Å²) >= 11 is 0. The van der Waals surface area contributed by atoms with E-state index in [1.54, 1.807) is 12.4 Å². The van der Waals surface area contributed by atoms with Gasteiger partial charge in [-0.2, -0.15) is 13.2 Å². The summed E-state index contributed by atoms with van der Waals surface area (Å²) in [6, 6.07) is 3.55. The number of carbonyl (C=O) groups is 1. The van der Waals surface area contributed by atoms with Crippen LogP contribution in [0.5, 0.6) is 0 Å². The standard InChI is InChI=1S/C17H16F3N3O/c18-17(19,20)15-7-3-5-12(22-15)8-16(24)23-14-10-21-9-11-4-1-2-6-13(11)14/h3,5,7,9-10H,1-2,4,6,8H2,(H,23,24). The second-order valence-electron chi connectivity index (χ2n) is 5.77. The van der Waals surface area contributed by atoms with E-state index in [4.69, 9.17) is 0 Å². The molecule has 0 saturated carbocycles. The van der Waals surface area contributed by atoms with Crippen molar-refractivity contribution < 1.29 is 18.0 Å². The number of alkyl halides is 3. The molecular weight excluding hydrogens is 319 g/mol. The van der Waals surface area contributed by atoms with Crippen LogP contribution in [0.3, 0.4) is 0 Å². The van der Waals surface area contributed by atoms with Gasteiger partial charge in [0.2, 0.25) is 5.91 Å². The second-order valence-corrected chi connectivity index (χ2v) is 5.77. The topological polar surface area (TPSA) is 54.9 Å². The van der Waals surface area contributed by atoms with E-state index in [0.29, 0.717) is 5.69 Å². The van der Waals surface area contributed by atoms with E-state index in [-0.39, 0.29) is 12.1 Å². The first kappa shape index (κ1) is 16.4. The molecule has 24 heavy (non-hydrogen) atoms. The first-order valence-corrected chi connectivity index (χ1v) is 7.72. The maximum atomic E-state index is 12.7. The van der Waals surface area contributed by atoms with Crippen molar-refractivity contribution in [2.45, 2.75) is 38.3 Å². The highest BCUT2D eigenvalue weighted by Gasteiger charge is 2.32. The van der Waals surface area contributed by atoms with Crippen molar-refractivity contribution in [3.05, 3.63) is 53.1 Å². The van der Waals surface area contributed by atoms with Gasteiger partial charge in [-0.25, -0.2) is 4.98 Å². The summed E-state index contributed by atoms with van der Waals surface area (Å²) in [5.41, 5.74) is 1.92. The van der Waals surface area contributed by atoms with E-state index < -0.39 is 17.8 Å². The number of aromatic nitrogens is 2. The summed E-state index contributed by atoms with van der Waals surface area (Å²) in [6.07, 6.45) is 2.61. The van der Waals surface area contributed by atoms with Crippen LogP contribution in [0.15, 0.2) is 30.6 Å². The van der Waals surface area contributed by atoms with E-state index in [1.165, 1.54) is 12.1 Å². The number of nitrogens with one attached hydrogen (secondary N) is 1. The van der Waals surface area contributed by atoms with Gasteiger partial charge in [-0.1, -0.05) is 6.07 Å². The van der Waals surface area contributed by atoms with E-state index in [0.717, 1.165) is 42.9 Å². The average Bonchev–Trinajstić information content (AvgIpc) is 2.54. The predicted octanol–water partition coefficient (Wildman–Crippen LogP) is 3.56. The molecule has 1 N–H and O–H groups in total. The lowest BCUT2D eigenvalue weighted by atomic mass is 9.92. The first-order valence-electron chi connectivity index (χ1n) is 7.72. The van der Waals surface area contributed by atoms with Gasteiger partial charge in [0.1, 0.15) is 5.69 Å². The quantitative estimate of drug-likeness (QED) is 0.933. The van der Waals surface area contributed by atoms with Gasteiger partial charge in [0.25, 0.3) is 0 Å². The fraction of sp³-hybridized carbons (Fsp3) is 0.353. The second kappa shape index (κ2) is 6.59. The minimum atomic E-state index is -4.52. The fourth-order valence-electron chi connectivity index (χ4n) is 2.86. The average molecular weight is 335 g/mol. The molecule has 0 spiro atoms. The molecular formula is C17H16F3N3O. The molecule has 0 bridgehead atoms. The zero-order valence-corrected chi connectivity index (χ0v) is 12.9. The Balaban J connectivity index is 1.73. The summed E-state index contributed by atoms with van der Waals surface area (Å²) in [7, 11) is 0. The Labute approximate surface area is 137 Å². The minimum Gasteiger partial charge on any atom is -0.324 e. The largest absolute Gasteiger partial charge is 0.433 e. The Morgan fingerprint density at radius 2 is 1.96 bits per heavy atom. The molecule has 3 rings (SSSR count). The van der Waals surface area contributed by atoms with Gasteiger partial charge in [0.15, 0.2) is 0 Å². The number of halogens is 3. The van der Waals surface area contributed by atoms with Crippen molar-refractivity contribution in [1.29, 1.82) is 0 Å². The van der Waals surface area contributed by atoms with Crippen molar-refractivity contribution in [1.82, 2.24) is 9.97 Å². The zero-order valence-electron chi connectivity index (χ0n) is 12.9. The highest BCUT2D eigenvalue weighted by atomic mass is 19.4. The number of pyridine rings is 2. The third kappa shape index (κ3) is 3.72. The summed E-state index contributed by atoms with van der Waals surface area (Å²) in [5.74, 6) is -0.400. The summed E-state index contributed by atoms with van der Waals surface area (Å²) in [4.78, 5) is 19.8. The van der Waals surface area contributed by atoms with E-state index in [2.05, 4.69) is 15.3 Å². The highest BCUT2D eigenvalue weighted by molar-refractivity contribution is 5.92. The first-order chi connectivity index (χ1) is 11.4. The number of anilines is 1. The van der Waals surface area contributed by atoms with Crippen LogP contribution in [0, 0.1) is 0 Å². The number of fused-ring (bicyclic) bond motifs is 1. The number of rotatable bonds is 3. The Bertz CT molecular complexity index is 759. The number of aryl methyl sites for hydroxylation is 1. The highest BCUT2D eigenvalue weighted by Crippen LogP contribution is 2.28. The summed E-state index contributed by atoms with van der Waals surface area (Å²) < 4.78 is 38.0. The Kier molecular flexibility index (Phi) is 4.51. The molecule has 0 saturated heterocycles. The molecule has 0 radical (unpaired) electrons. The third-order valence-corrected chi connectivity index (χ3v) is 3.98. The van der Waals surface area contributed by atoms with Crippen LogP contribution < -0.4 is 5.32 Å². The Hall–Kier alpha value is -2.44. The van der Waals surface area contributed by atoms with Gasteiger partial charge in [0.05, 0.1) is 24.0 Å². The van der Waals surface area contributed by atoms with Crippen LogP contribution in [0.2, 0.25) is 0 Å². The molecule has 0 fully saturated rings. The molecule has 4 nitrogen and oxygen atoms in total. The number of carbonyl (C=O) groups excluding carboxylic acids is 1. The SMILES string of the molecule is O=C(Cc1cccc(C(F)(F)F)n1)Nc1cncc2c1CCCC2. The van der Waals surface area contributed by atoms with Gasteiger partial charge in [0, 0.05) is 6.20 Å². The normalized spacial score (nSPS) is 14.1. The van der Waals surface area contributed by atoms with E-state index in [9.17, 15) is 18.0 Å². The number of amides is 1. The molecule has 2 aromatic rings. The summed E-state index contributed by atoms with van der Waals surface area (Å²) in [6.45, 7) is 0. The summed E-state index contributed by atoms with van der Waals surface area (Å²) in [5, 5.41) is 2.75. The van der Waals surface area contributed by atoms with Gasteiger partial charge in [-0.05, 0) is 48.9 Å². The number of hydrogen-bond donors (Lipinski definition) is 1. The molecule has 1 amide bonds. The number of hydrogen-bond acceptors (Lipinski definition) is 3.